The van der Waals surface area contributed by atoms with Gasteiger partial charge >= 0.3 is 5.97 Å². The van der Waals surface area contributed by atoms with Gasteiger partial charge in [-0.2, -0.15) is 0 Å². The quantitative estimate of drug-likeness (QED) is 0.848. The van der Waals surface area contributed by atoms with Crippen molar-refractivity contribution in [2.24, 2.45) is 0 Å². The molecule has 2 aromatic carbocycles. The lowest BCUT2D eigenvalue weighted by Gasteiger charge is -2.15. The normalized spacial score (nSPS) is 11.7. The van der Waals surface area contributed by atoms with Crippen LogP contribution in [0.2, 0.25) is 0 Å². The Balaban J connectivity index is 2.08. The van der Waals surface area contributed by atoms with Gasteiger partial charge in [0.1, 0.15) is 17.2 Å². The third-order valence-electron chi connectivity index (χ3n) is 2.66. The van der Waals surface area contributed by atoms with E-state index in [1.54, 1.807) is 24.3 Å². The summed E-state index contributed by atoms with van der Waals surface area (Å²) in [5.74, 6) is 0.598. The first-order valence-electron chi connectivity index (χ1n) is 6.40. The number of hydrogen-bond donors (Lipinski definition) is 1. The number of carboxylic acids is 1. The van der Waals surface area contributed by atoms with E-state index in [0.717, 1.165) is 0 Å². The van der Waals surface area contributed by atoms with Crippen molar-refractivity contribution in [1.82, 2.24) is 0 Å². The average molecular weight is 288 g/mol. The van der Waals surface area contributed by atoms with E-state index in [2.05, 4.69) is 0 Å². The molecule has 1 N–H and O–H groups in total. The van der Waals surface area contributed by atoms with Gasteiger partial charge in [-0.15, -0.1) is 0 Å². The Labute approximate surface area is 122 Å². The van der Waals surface area contributed by atoms with Gasteiger partial charge in [0.15, 0.2) is 0 Å². The van der Waals surface area contributed by atoms with Crippen molar-refractivity contribution in [3.63, 3.8) is 0 Å². The molecule has 0 aliphatic carbocycles. The molecule has 0 amide bonds. The van der Waals surface area contributed by atoms with E-state index in [9.17, 15) is 4.79 Å². The van der Waals surface area contributed by atoms with Gasteiger partial charge in [0, 0.05) is 13.2 Å². The van der Waals surface area contributed by atoms with E-state index in [1.807, 2.05) is 30.3 Å². The molecule has 5 nitrogen and oxygen atoms in total. The van der Waals surface area contributed by atoms with Crippen LogP contribution in [0.5, 0.6) is 17.2 Å². The maximum absolute atomic E-state index is 11.0. The molecular weight excluding hydrogens is 272 g/mol. The zero-order valence-corrected chi connectivity index (χ0v) is 11.6. The summed E-state index contributed by atoms with van der Waals surface area (Å²) in [4.78, 5) is 11.0. The molecule has 0 heterocycles. The Morgan fingerprint density at radius 2 is 1.71 bits per heavy atom. The molecule has 0 bridgehead atoms. The van der Waals surface area contributed by atoms with Gasteiger partial charge in [-0.1, -0.05) is 24.3 Å². The second-order valence-corrected chi connectivity index (χ2v) is 4.29. The zero-order chi connectivity index (χ0) is 15.1. The smallest absolute Gasteiger partial charge is 0.347 e. The Morgan fingerprint density at radius 3 is 2.38 bits per heavy atom. The van der Waals surface area contributed by atoms with Crippen LogP contribution in [0.3, 0.4) is 0 Å². The lowest BCUT2D eigenvalue weighted by atomic mass is 10.3. The summed E-state index contributed by atoms with van der Waals surface area (Å²) >= 11 is 0. The summed E-state index contributed by atoms with van der Waals surface area (Å²) in [5, 5.41) is 9.03. The Bertz CT molecular complexity index is 582. The van der Waals surface area contributed by atoms with E-state index in [1.165, 1.54) is 7.11 Å². The van der Waals surface area contributed by atoms with E-state index in [0.29, 0.717) is 17.2 Å². The SMILES string of the molecule is COCC(Oc1cccc(Oc2ccccc2)c1)C(=O)O. The Hall–Kier alpha value is -2.53. The zero-order valence-electron chi connectivity index (χ0n) is 11.6. The molecule has 2 aromatic rings. The van der Waals surface area contributed by atoms with E-state index >= 15 is 0 Å². The highest BCUT2D eigenvalue weighted by atomic mass is 16.5. The standard InChI is InChI=1S/C16H16O5/c1-19-11-15(16(17)18)21-14-9-5-8-13(10-14)20-12-6-3-2-4-7-12/h2-10,15H,11H2,1H3,(H,17,18). The number of carbonyl (C=O) groups is 1. The van der Waals surface area contributed by atoms with Gasteiger partial charge in [-0.25, -0.2) is 4.79 Å². The molecule has 1 unspecified atom stereocenters. The molecule has 0 radical (unpaired) electrons. The van der Waals surface area contributed by atoms with Crippen molar-refractivity contribution in [2.45, 2.75) is 6.10 Å². The highest BCUT2D eigenvalue weighted by molar-refractivity contribution is 5.73. The second kappa shape index (κ2) is 7.31. The number of aliphatic carboxylic acids is 1. The van der Waals surface area contributed by atoms with E-state index in [-0.39, 0.29) is 6.61 Å². The fourth-order valence-electron chi connectivity index (χ4n) is 1.71. The molecule has 1 atom stereocenters. The van der Waals surface area contributed by atoms with E-state index in [4.69, 9.17) is 19.3 Å². The van der Waals surface area contributed by atoms with Gasteiger partial charge < -0.3 is 19.3 Å². The van der Waals surface area contributed by atoms with Crippen molar-refractivity contribution in [2.75, 3.05) is 13.7 Å². The predicted molar refractivity (Wildman–Crippen MR) is 76.9 cm³/mol. The van der Waals surface area contributed by atoms with Crippen LogP contribution in [0.25, 0.3) is 0 Å². The summed E-state index contributed by atoms with van der Waals surface area (Å²) in [6.45, 7) is -0.0287. The van der Waals surface area contributed by atoms with Gasteiger partial charge in [0.25, 0.3) is 0 Å². The topological polar surface area (TPSA) is 65.0 Å². The van der Waals surface area contributed by atoms with Gasteiger partial charge in [0.2, 0.25) is 6.10 Å². The largest absolute Gasteiger partial charge is 0.478 e. The first kappa shape index (κ1) is 14.9. The molecule has 0 spiro atoms. The maximum Gasteiger partial charge on any atom is 0.347 e. The van der Waals surface area contributed by atoms with Crippen LogP contribution < -0.4 is 9.47 Å². The number of para-hydroxylation sites is 1. The molecule has 5 heteroatoms. The first-order chi connectivity index (χ1) is 10.2. The number of ether oxygens (including phenoxy) is 3. The van der Waals surface area contributed by atoms with Crippen LogP contribution >= 0.6 is 0 Å². The summed E-state index contributed by atoms with van der Waals surface area (Å²) in [6.07, 6.45) is -1.05. The molecular formula is C16H16O5. The minimum Gasteiger partial charge on any atom is -0.478 e. The van der Waals surface area contributed by atoms with Crippen LogP contribution in [-0.2, 0) is 9.53 Å². The second-order valence-electron chi connectivity index (χ2n) is 4.29. The van der Waals surface area contributed by atoms with Crippen molar-refractivity contribution in [1.29, 1.82) is 0 Å². The predicted octanol–water partition coefficient (Wildman–Crippen LogP) is 2.96. The van der Waals surface area contributed by atoms with Gasteiger partial charge in [-0.3, -0.25) is 0 Å². The molecule has 0 fully saturated rings. The molecule has 0 saturated carbocycles. The number of carboxylic acid groups (broad SMARTS) is 1. The molecule has 0 aliphatic rings. The lowest BCUT2D eigenvalue weighted by Crippen LogP contribution is -2.31. The highest BCUT2D eigenvalue weighted by Gasteiger charge is 2.19. The third-order valence-corrected chi connectivity index (χ3v) is 2.66. The summed E-state index contributed by atoms with van der Waals surface area (Å²) < 4.78 is 15.9. The lowest BCUT2D eigenvalue weighted by molar-refractivity contribution is -0.147. The highest BCUT2D eigenvalue weighted by Crippen LogP contribution is 2.25. The summed E-state index contributed by atoms with van der Waals surface area (Å²) in [7, 11) is 1.42. The average Bonchev–Trinajstić information content (AvgIpc) is 2.48. The Kier molecular flexibility index (Phi) is 5.17. The van der Waals surface area contributed by atoms with Crippen molar-refractivity contribution in [3.05, 3.63) is 54.6 Å². The van der Waals surface area contributed by atoms with Crippen LogP contribution in [0.4, 0.5) is 0 Å². The first-order valence-corrected chi connectivity index (χ1v) is 6.40. The summed E-state index contributed by atoms with van der Waals surface area (Å²) in [6, 6.07) is 16.1. The number of benzene rings is 2. The molecule has 2 rings (SSSR count). The number of methoxy groups -OCH3 is 1. The minimum atomic E-state index is -1.08. The van der Waals surface area contributed by atoms with Gasteiger partial charge in [-0.05, 0) is 24.3 Å². The molecule has 0 aliphatic heterocycles. The van der Waals surface area contributed by atoms with Crippen LogP contribution in [0, 0.1) is 0 Å². The molecule has 110 valence electrons. The molecule has 0 saturated heterocycles. The van der Waals surface area contributed by atoms with Crippen LogP contribution in [0.1, 0.15) is 0 Å². The fourth-order valence-corrected chi connectivity index (χ4v) is 1.71. The Morgan fingerprint density at radius 1 is 1.05 bits per heavy atom. The van der Waals surface area contributed by atoms with Crippen LogP contribution in [0.15, 0.2) is 54.6 Å². The van der Waals surface area contributed by atoms with Crippen LogP contribution in [-0.4, -0.2) is 30.9 Å². The minimum absolute atomic E-state index is 0.0287. The van der Waals surface area contributed by atoms with Gasteiger partial charge in [0.05, 0.1) is 6.61 Å². The number of hydrogen-bond acceptors (Lipinski definition) is 4. The molecule has 21 heavy (non-hydrogen) atoms. The molecule has 0 aromatic heterocycles. The van der Waals surface area contributed by atoms with Crippen molar-refractivity contribution < 1.29 is 24.1 Å². The monoisotopic (exact) mass is 288 g/mol. The fraction of sp³-hybridized carbons (Fsp3) is 0.188. The summed E-state index contributed by atoms with van der Waals surface area (Å²) in [5.41, 5.74) is 0. The van der Waals surface area contributed by atoms with E-state index < -0.39 is 12.1 Å². The van der Waals surface area contributed by atoms with Crippen molar-refractivity contribution >= 4 is 5.97 Å². The van der Waals surface area contributed by atoms with Crippen molar-refractivity contribution in [3.8, 4) is 17.2 Å². The maximum atomic E-state index is 11.0. The number of rotatable bonds is 7. The third kappa shape index (κ3) is 4.50.